The van der Waals surface area contributed by atoms with Crippen LogP contribution in [-0.4, -0.2) is 42.0 Å². The maximum atomic E-state index is 12.3. The minimum absolute atomic E-state index is 0. The van der Waals surface area contributed by atoms with Gasteiger partial charge in [-0.15, -0.1) is 36.2 Å². The number of nitrogens with one attached hydrogen (secondary N) is 1. The highest BCUT2D eigenvalue weighted by molar-refractivity contribution is 7.09. The van der Waals surface area contributed by atoms with E-state index >= 15 is 0 Å². The number of halogens is 2. The molecule has 1 atom stereocenters. The number of hydrogen-bond acceptors (Lipinski definition) is 4. The maximum absolute atomic E-state index is 12.3. The fraction of sp³-hybridized carbons (Fsp3) is 0.692. The van der Waals surface area contributed by atoms with Crippen molar-refractivity contribution in [1.82, 2.24) is 15.2 Å². The summed E-state index contributed by atoms with van der Waals surface area (Å²) in [5.41, 5.74) is 0.928. The van der Waals surface area contributed by atoms with E-state index in [0.717, 1.165) is 43.1 Å². The molecule has 0 aliphatic carbocycles. The van der Waals surface area contributed by atoms with E-state index in [2.05, 4.69) is 17.2 Å². The Morgan fingerprint density at radius 3 is 2.90 bits per heavy atom. The Bertz CT molecular complexity index is 414. The number of likely N-dealkylation sites (tertiary alicyclic amines) is 1. The number of likely N-dealkylation sites (N-methyl/N-ethyl adjacent to an activating group) is 1. The van der Waals surface area contributed by atoms with E-state index < -0.39 is 0 Å². The third kappa shape index (κ3) is 4.88. The number of carbonyl (C=O) groups excluding carboxylic acids is 1. The summed E-state index contributed by atoms with van der Waals surface area (Å²) in [6.07, 6.45) is 3.64. The first kappa shape index (κ1) is 19.6. The van der Waals surface area contributed by atoms with Crippen molar-refractivity contribution in [3.63, 3.8) is 0 Å². The topological polar surface area (TPSA) is 45.2 Å². The first-order valence-electron chi connectivity index (χ1n) is 6.62. The molecule has 1 aromatic rings. The SMILES string of the molecule is CCc1nc(CC(=O)N2CCCC2CNC)cs1.Cl.Cl. The van der Waals surface area contributed by atoms with E-state index in [1.54, 1.807) is 11.3 Å². The Morgan fingerprint density at radius 2 is 2.30 bits per heavy atom. The van der Waals surface area contributed by atoms with Crippen molar-refractivity contribution < 1.29 is 4.79 Å². The average Bonchev–Trinajstić information content (AvgIpc) is 2.98. The molecule has 116 valence electrons. The van der Waals surface area contributed by atoms with Crippen molar-refractivity contribution in [1.29, 1.82) is 0 Å². The van der Waals surface area contributed by atoms with Crippen LogP contribution in [0.15, 0.2) is 5.38 Å². The molecular formula is C13H23Cl2N3OS. The lowest BCUT2D eigenvalue weighted by Gasteiger charge is -2.24. The highest BCUT2D eigenvalue weighted by Crippen LogP contribution is 2.19. The van der Waals surface area contributed by atoms with E-state index in [9.17, 15) is 4.79 Å². The normalized spacial score (nSPS) is 17.5. The summed E-state index contributed by atoms with van der Waals surface area (Å²) in [5, 5.41) is 6.29. The fourth-order valence-electron chi connectivity index (χ4n) is 2.46. The van der Waals surface area contributed by atoms with E-state index in [1.807, 2.05) is 17.3 Å². The second kappa shape index (κ2) is 9.55. The second-order valence-corrected chi connectivity index (χ2v) is 5.65. The van der Waals surface area contributed by atoms with Crippen LogP contribution < -0.4 is 5.32 Å². The van der Waals surface area contributed by atoms with Gasteiger partial charge in [-0.25, -0.2) is 4.98 Å². The molecule has 2 rings (SSSR count). The molecule has 20 heavy (non-hydrogen) atoms. The van der Waals surface area contributed by atoms with Gasteiger partial charge in [-0.2, -0.15) is 0 Å². The quantitative estimate of drug-likeness (QED) is 0.895. The summed E-state index contributed by atoms with van der Waals surface area (Å²) in [7, 11) is 1.94. The van der Waals surface area contributed by atoms with Gasteiger partial charge in [0.25, 0.3) is 0 Å². The number of carbonyl (C=O) groups is 1. The lowest BCUT2D eigenvalue weighted by atomic mass is 10.2. The molecule has 1 N–H and O–H groups in total. The Hall–Kier alpha value is -0.360. The van der Waals surface area contributed by atoms with Gasteiger partial charge in [0.15, 0.2) is 0 Å². The number of aromatic nitrogens is 1. The molecule has 1 aromatic heterocycles. The Labute approximate surface area is 137 Å². The molecule has 1 aliphatic rings. The van der Waals surface area contributed by atoms with Crippen LogP contribution in [0.1, 0.15) is 30.5 Å². The van der Waals surface area contributed by atoms with Crippen molar-refractivity contribution in [2.45, 2.75) is 38.6 Å². The minimum atomic E-state index is 0. The number of nitrogens with zero attached hydrogens (tertiary/aromatic N) is 2. The van der Waals surface area contributed by atoms with Crippen molar-refractivity contribution in [2.24, 2.45) is 0 Å². The number of hydrogen-bond donors (Lipinski definition) is 1. The Balaban J connectivity index is 0.00000180. The zero-order valence-corrected chi connectivity index (χ0v) is 14.4. The molecular weight excluding hydrogens is 317 g/mol. The van der Waals surface area contributed by atoms with Crippen LogP contribution >= 0.6 is 36.2 Å². The summed E-state index contributed by atoms with van der Waals surface area (Å²) in [5.74, 6) is 0.223. The molecule has 0 bridgehead atoms. The molecule has 0 aromatic carbocycles. The van der Waals surface area contributed by atoms with Crippen molar-refractivity contribution in [3.05, 3.63) is 16.1 Å². The van der Waals surface area contributed by atoms with E-state index in [-0.39, 0.29) is 30.7 Å². The zero-order valence-electron chi connectivity index (χ0n) is 11.9. The van der Waals surface area contributed by atoms with Gasteiger partial charge in [-0.1, -0.05) is 6.92 Å². The highest BCUT2D eigenvalue weighted by Gasteiger charge is 2.28. The molecule has 1 amide bonds. The first-order valence-corrected chi connectivity index (χ1v) is 7.50. The standard InChI is InChI=1S/C13H21N3OS.2ClH/c1-3-12-15-10(9-18-12)7-13(17)16-6-4-5-11(16)8-14-2;;/h9,11,14H,3-8H2,1-2H3;2*1H. The molecule has 7 heteroatoms. The Morgan fingerprint density at radius 1 is 1.55 bits per heavy atom. The molecule has 1 fully saturated rings. The summed E-state index contributed by atoms with van der Waals surface area (Å²) in [6, 6.07) is 0.367. The molecule has 2 heterocycles. The van der Waals surface area contributed by atoms with Gasteiger partial charge in [0.1, 0.15) is 0 Å². The monoisotopic (exact) mass is 339 g/mol. The predicted octanol–water partition coefficient (Wildman–Crippen LogP) is 2.30. The zero-order chi connectivity index (χ0) is 13.0. The van der Waals surface area contributed by atoms with Crippen molar-refractivity contribution in [2.75, 3.05) is 20.1 Å². The molecule has 0 radical (unpaired) electrons. The lowest BCUT2D eigenvalue weighted by molar-refractivity contribution is -0.131. The van der Waals surface area contributed by atoms with Crippen molar-refractivity contribution >= 4 is 42.1 Å². The van der Waals surface area contributed by atoms with Gasteiger partial charge in [0.2, 0.25) is 5.91 Å². The number of aryl methyl sites for hydroxylation is 1. The van der Waals surface area contributed by atoms with Crippen LogP contribution in [0.3, 0.4) is 0 Å². The van der Waals surface area contributed by atoms with E-state index in [1.165, 1.54) is 0 Å². The summed E-state index contributed by atoms with van der Waals surface area (Å²) < 4.78 is 0. The van der Waals surface area contributed by atoms with Crippen LogP contribution in [-0.2, 0) is 17.6 Å². The lowest BCUT2D eigenvalue weighted by Crippen LogP contribution is -2.41. The smallest absolute Gasteiger partial charge is 0.228 e. The molecule has 1 unspecified atom stereocenters. The van der Waals surface area contributed by atoms with Gasteiger partial charge in [0, 0.05) is 24.5 Å². The molecule has 1 aliphatic heterocycles. The van der Waals surface area contributed by atoms with E-state index in [4.69, 9.17) is 0 Å². The number of amides is 1. The molecule has 0 saturated carbocycles. The number of thiazole rings is 1. The molecule has 4 nitrogen and oxygen atoms in total. The largest absolute Gasteiger partial charge is 0.338 e. The van der Waals surface area contributed by atoms with Gasteiger partial charge in [0.05, 0.1) is 17.1 Å². The fourth-order valence-corrected chi connectivity index (χ4v) is 3.21. The van der Waals surface area contributed by atoms with Crippen LogP contribution in [0.25, 0.3) is 0 Å². The number of rotatable bonds is 5. The van der Waals surface area contributed by atoms with Gasteiger partial charge >= 0.3 is 0 Å². The minimum Gasteiger partial charge on any atom is -0.338 e. The summed E-state index contributed by atoms with van der Waals surface area (Å²) in [6.45, 7) is 3.88. The van der Waals surface area contributed by atoms with Gasteiger partial charge in [-0.05, 0) is 26.3 Å². The second-order valence-electron chi connectivity index (χ2n) is 4.70. The third-order valence-electron chi connectivity index (χ3n) is 3.37. The summed E-state index contributed by atoms with van der Waals surface area (Å²) in [4.78, 5) is 18.7. The van der Waals surface area contributed by atoms with Crippen LogP contribution in [0, 0.1) is 0 Å². The maximum Gasteiger partial charge on any atom is 0.228 e. The predicted molar refractivity (Wildman–Crippen MR) is 88.4 cm³/mol. The Kier molecular flexibility index (Phi) is 9.38. The third-order valence-corrected chi connectivity index (χ3v) is 4.41. The van der Waals surface area contributed by atoms with E-state index in [0.29, 0.717) is 12.5 Å². The van der Waals surface area contributed by atoms with Crippen LogP contribution in [0.2, 0.25) is 0 Å². The van der Waals surface area contributed by atoms with Crippen LogP contribution in [0.4, 0.5) is 0 Å². The molecule has 0 spiro atoms. The molecule has 1 saturated heterocycles. The first-order chi connectivity index (χ1) is 8.74. The average molecular weight is 340 g/mol. The highest BCUT2D eigenvalue weighted by atomic mass is 35.5. The van der Waals surface area contributed by atoms with Gasteiger partial charge in [-0.3, -0.25) is 4.79 Å². The summed E-state index contributed by atoms with van der Waals surface area (Å²) >= 11 is 1.65. The van der Waals surface area contributed by atoms with Gasteiger partial charge < -0.3 is 10.2 Å². The van der Waals surface area contributed by atoms with Crippen molar-refractivity contribution in [3.8, 4) is 0 Å². The van der Waals surface area contributed by atoms with Crippen LogP contribution in [0.5, 0.6) is 0 Å².